The summed E-state index contributed by atoms with van der Waals surface area (Å²) in [6.45, 7) is 5.48. The quantitative estimate of drug-likeness (QED) is 0.300. The molecule has 0 spiro atoms. The predicted octanol–water partition coefficient (Wildman–Crippen LogP) is 6.99. The van der Waals surface area contributed by atoms with E-state index in [1.165, 1.54) is 5.56 Å². The molecule has 0 aliphatic rings. The Bertz CT molecular complexity index is 1040. The van der Waals surface area contributed by atoms with Crippen LogP contribution < -0.4 is 0 Å². The number of hydrogen-bond donors (Lipinski definition) is 1. The molecular formula is C27H27F2NO. The fourth-order valence-corrected chi connectivity index (χ4v) is 3.36. The average Bonchev–Trinajstić information content (AvgIpc) is 2.77. The highest BCUT2D eigenvalue weighted by Gasteiger charge is 2.14. The maximum atomic E-state index is 14.7. The first-order valence-corrected chi connectivity index (χ1v) is 10.5. The van der Waals surface area contributed by atoms with E-state index in [0.29, 0.717) is 18.5 Å². The highest BCUT2D eigenvalue weighted by molar-refractivity contribution is 5.68. The van der Waals surface area contributed by atoms with Crippen molar-refractivity contribution in [2.45, 2.75) is 38.7 Å². The van der Waals surface area contributed by atoms with Gasteiger partial charge in [0.1, 0.15) is 0 Å². The summed E-state index contributed by atoms with van der Waals surface area (Å²) in [6, 6.07) is 14.8. The minimum absolute atomic E-state index is 0.136. The molecule has 1 aromatic heterocycles. The lowest BCUT2D eigenvalue weighted by Crippen LogP contribution is -1.97. The van der Waals surface area contributed by atoms with E-state index < -0.39 is 11.6 Å². The van der Waals surface area contributed by atoms with Crippen LogP contribution in [0.5, 0.6) is 0 Å². The Morgan fingerprint density at radius 2 is 1.74 bits per heavy atom. The van der Waals surface area contributed by atoms with Crippen molar-refractivity contribution in [3.63, 3.8) is 0 Å². The molecule has 0 aliphatic heterocycles. The molecule has 3 aromatic rings. The number of halogens is 2. The van der Waals surface area contributed by atoms with E-state index in [-0.39, 0.29) is 17.2 Å². The minimum atomic E-state index is -0.903. The molecule has 1 unspecified atom stereocenters. The molecule has 31 heavy (non-hydrogen) atoms. The number of unbranched alkanes of at least 4 members (excludes halogenated alkanes) is 1. The molecule has 2 nitrogen and oxygen atoms in total. The number of nitrogens with zero attached hydrogens (tertiary/aromatic N) is 1. The third-order valence-corrected chi connectivity index (χ3v) is 5.11. The van der Waals surface area contributed by atoms with Crippen molar-refractivity contribution in [3.8, 4) is 22.4 Å². The van der Waals surface area contributed by atoms with Gasteiger partial charge < -0.3 is 5.11 Å². The molecule has 0 bridgehead atoms. The molecule has 0 saturated carbocycles. The molecule has 4 heteroatoms. The fourth-order valence-electron chi connectivity index (χ4n) is 3.36. The van der Waals surface area contributed by atoms with Crippen molar-refractivity contribution in [2.75, 3.05) is 0 Å². The highest BCUT2D eigenvalue weighted by atomic mass is 19.2. The first kappa shape index (κ1) is 22.6. The predicted molar refractivity (Wildman–Crippen MR) is 123 cm³/mol. The van der Waals surface area contributed by atoms with Crippen molar-refractivity contribution in [1.82, 2.24) is 4.98 Å². The molecule has 0 saturated heterocycles. The van der Waals surface area contributed by atoms with Gasteiger partial charge in [-0.3, -0.25) is 4.98 Å². The summed E-state index contributed by atoms with van der Waals surface area (Å²) in [6.07, 6.45) is 9.55. The Morgan fingerprint density at radius 3 is 2.39 bits per heavy atom. The third kappa shape index (κ3) is 5.96. The van der Waals surface area contributed by atoms with Gasteiger partial charge in [0.15, 0.2) is 11.6 Å². The maximum Gasteiger partial charge on any atom is 0.168 e. The number of aliphatic hydroxyl groups is 1. The van der Waals surface area contributed by atoms with E-state index in [0.717, 1.165) is 24.0 Å². The van der Waals surface area contributed by atoms with Crippen LogP contribution in [-0.4, -0.2) is 16.2 Å². The van der Waals surface area contributed by atoms with Crippen molar-refractivity contribution in [3.05, 3.63) is 96.2 Å². The first-order valence-electron chi connectivity index (χ1n) is 10.5. The van der Waals surface area contributed by atoms with Crippen molar-refractivity contribution in [2.24, 2.45) is 0 Å². The van der Waals surface area contributed by atoms with E-state index in [1.807, 2.05) is 36.4 Å². The summed E-state index contributed by atoms with van der Waals surface area (Å²) < 4.78 is 29.2. The van der Waals surface area contributed by atoms with E-state index in [9.17, 15) is 13.9 Å². The Morgan fingerprint density at radius 1 is 1.00 bits per heavy atom. The zero-order valence-corrected chi connectivity index (χ0v) is 17.7. The van der Waals surface area contributed by atoms with Crippen LogP contribution in [0, 0.1) is 11.6 Å². The molecule has 3 rings (SSSR count). The second-order valence-electron chi connectivity index (χ2n) is 7.63. The first-order chi connectivity index (χ1) is 15.0. The second kappa shape index (κ2) is 10.8. The monoisotopic (exact) mass is 419 g/mol. The zero-order valence-electron chi connectivity index (χ0n) is 17.7. The summed E-state index contributed by atoms with van der Waals surface area (Å²) in [4.78, 5) is 4.35. The smallest absolute Gasteiger partial charge is 0.168 e. The summed E-state index contributed by atoms with van der Waals surface area (Å²) in [5.41, 5.74) is 3.82. The van der Waals surface area contributed by atoms with Crippen LogP contribution in [0.4, 0.5) is 8.78 Å². The van der Waals surface area contributed by atoms with Gasteiger partial charge in [-0.2, -0.15) is 0 Å². The Labute approximate surface area is 182 Å². The van der Waals surface area contributed by atoms with Gasteiger partial charge in [-0.15, -0.1) is 6.58 Å². The van der Waals surface area contributed by atoms with Gasteiger partial charge in [-0.1, -0.05) is 54.6 Å². The van der Waals surface area contributed by atoms with Crippen LogP contribution in [-0.2, 0) is 6.42 Å². The van der Waals surface area contributed by atoms with Gasteiger partial charge in [0.2, 0.25) is 0 Å². The highest BCUT2D eigenvalue weighted by Crippen LogP contribution is 2.28. The fraction of sp³-hybridized carbons (Fsp3) is 0.222. The molecule has 0 amide bonds. The lowest BCUT2D eigenvalue weighted by molar-refractivity contribution is 0.182. The Kier molecular flexibility index (Phi) is 7.85. The van der Waals surface area contributed by atoms with Crippen LogP contribution in [0.3, 0.4) is 0 Å². The molecule has 1 atom stereocenters. The Hall–Kier alpha value is -3.11. The van der Waals surface area contributed by atoms with Gasteiger partial charge in [0.05, 0.1) is 11.8 Å². The van der Waals surface area contributed by atoms with Crippen LogP contribution in [0.1, 0.15) is 37.3 Å². The number of benzene rings is 2. The van der Waals surface area contributed by atoms with Crippen molar-refractivity contribution >= 4 is 6.08 Å². The van der Waals surface area contributed by atoms with Crippen LogP contribution in [0.25, 0.3) is 28.5 Å². The Balaban J connectivity index is 1.74. The van der Waals surface area contributed by atoms with E-state index >= 15 is 0 Å². The largest absolute Gasteiger partial charge is 0.393 e. The van der Waals surface area contributed by atoms with Crippen LogP contribution >= 0.6 is 0 Å². The molecule has 0 fully saturated rings. The number of allylic oxidation sites excluding steroid dienone is 2. The number of pyridine rings is 1. The number of aromatic nitrogens is 1. The van der Waals surface area contributed by atoms with Gasteiger partial charge in [-0.05, 0) is 55.9 Å². The molecule has 1 heterocycles. The van der Waals surface area contributed by atoms with E-state index in [4.69, 9.17) is 0 Å². The molecule has 0 aliphatic carbocycles. The summed E-state index contributed by atoms with van der Waals surface area (Å²) in [5.74, 6) is -1.78. The lowest BCUT2D eigenvalue weighted by atomic mass is 10.0. The van der Waals surface area contributed by atoms with Crippen molar-refractivity contribution < 1.29 is 13.9 Å². The molecule has 0 radical (unpaired) electrons. The van der Waals surface area contributed by atoms with Gasteiger partial charge in [-0.25, -0.2) is 8.78 Å². The standard InChI is InChI=1S/C27H27F2NO/c1-3-7-20-10-12-21(13-11-20)23-15-17-25(30-18-23)24-16-14-22(26(28)27(24)29)9-6-4-5-8-19(2)31/h3,6,9-19,31H,1,4-5,7-8H2,2H3. The molecule has 160 valence electrons. The van der Waals surface area contributed by atoms with Gasteiger partial charge in [0.25, 0.3) is 0 Å². The second-order valence-corrected chi connectivity index (χ2v) is 7.63. The summed E-state index contributed by atoms with van der Waals surface area (Å²) in [5, 5.41) is 9.26. The van der Waals surface area contributed by atoms with E-state index in [2.05, 4.69) is 11.6 Å². The number of hydrogen-bond acceptors (Lipinski definition) is 2. The van der Waals surface area contributed by atoms with Crippen molar-refractivity contribution in [1.29, 1.82) is 0 Å². The SMILES string of the molecule is C=CCc1ccc(-c2ccc(-c3ccc(C=CCCCC(C)O)c(F)c3F)nc2)cc1. The zero-order chi connectivity index (χ0) is 22.2. The maximum absolute atomic E-state index is 14.7. The third-order valence-electron chi connectivity index (χ3n) is 5.11. The van der Waals surface area contributed by atoms with Crippen LogP contribution in [0.2, 0.25) is 0 Å². The molecule has 1 N–H and O–H groups in total. The minimum Gasteiger partial charge on any atom is -0.393 e. The molecular weight excluding hydrogens is 392 g/mol. The number of rotatable bonds is 9. The summed E-state index contributed by atoms with van der Waals surface area (Å²) in [7, 11) is 0. The topological polar surface area (TPSA) is 33.1 Å². The number of aliphatic hydroxyl groups excluding tert-OH is 1. The summed E-state index contributed by atoms with van der Waals surface area (Å²) >= 11 is 0. The van der Waals surface area contributed by atoms with Gasteiger partial charge >= 0.3 is 0 Å². The van der Waals surface area contributed by atoms with Crippen LogP contribution in [0.15, 0.2) is 73.5 Å². The van der Waals surface area contributed by atoms with E-state index in [1.54, 1.807) is 43.5 Å². The van der Waals surface area contributed by atoms with Gasteiger partial charge in [0, 0.05) is 22.9 Å². The lowest BCUT2D eigenvalue weighted by Gasteiger charge is -2.08. The molecule has 2 aromatic carbocycles. The average molecular weight is 420 g/mol. The normalized spacial score (nSPS) is 12.3.